The molecule has 0 saturated heterocycles. The summed E-state index contributed by atoms with van der Waals surface area (Å²) in [7, 11) is 0. The van der Waals surface area contributed by atoms with Crippen LogP contribution in [0, 0.1) is 25.5 Å². The zero-order valence-electron chi connectivity index (χ0n) is 8.33. The number of hydrogen-bond donors (Lipinski definition) is 0. The molecule has 0 radical (unpaired) electrons. The number of rotatable bonds is 1. The summed E-state index contributed by atoms with van der Waals surface area (Å²) in [5.74, 6) is -0.136. The first-order valence-corrected chi connectivity index (χ1v) is 4.43. The van der Waals surface area contributed by atoms with Gasteiger partial charge in [0.1, 0.15) is 23.2 Å². The van der Waals surface area contributed by atoms with Gasteiger partial charge in [-0.25, -0.2) is 18.4 Å². The summed E-state index contributed by atoms with van der Waals surface area (Å²) < 4.78 is 27.4. The monoisotopic (exact) mass is 209 g/mol. The molecule has 0 N–H and O–H groups in total. The first-order valence-electron chi connectivity index (χ1n) is 4.43. The summed E-state index contributed by atoms with van der Waals surface area (Å²) in [5, 5.41) is 4.01. The predicted molar refractivity (Wildman–Crippen MR) is 50.7 cm³/mol. The Kier molecular flexibility index (Phi) is 2.22. The van der Waals surface area contributed by atoms with Crippen molar-refractivity contribution in [3.63, 3.8) is 0 Å². The van der Waals surface area contributed by atoms with E-state index in [1.165, 1.54) is 16.8 Å². The van der Waals surface area contributed by atoms with E-state index < -0.39 is 11.6 Å². The van der Waals surface area contributed by atoms with E-state index in [1.54, 1.807) is 13.8 Å². The summed E-state index contributed by atoms with van der Waals surface area (Å²) in [6.45, 7) is 3.42. The Hall–Kier alpha value is -1.78. The molecule has 5 heteroatoms. The molecule has 0 aliphatic carbocycles. The molecule has 0 fully saturated rings. The maximum atomic E-state index is 13.4. The van der Waals surface area contributed by atoms with E-state index in [-0.39, 0.29) is 5.69 Å². The van der Waals surface area contributed by atoms with Gasteiger partial charge in [0.05, 0.1) is 0 Å². The van der Waals surface area contributed by atoms with E-state index in [0.717, 1.165) is 6.07 Å². The lowest BCUT2D eigenvalue weighted by Gasteiger charge is -2.03. The molecule has 1 aromatic heterocycles. The van der Waals surface area contributed by atoms with Crippen LogP contribution in [0.25, 0.3) is 5.69 Å². The number of nitrogens with zero attached hydrogens (tertiary/aromatic N) is 3. The molecule has 1 aromatic carbocycles. The maximum absolute atomic E-state index is 13.4. The van der Waals surface area contributed by atoms with E-state index in [1.807, 2.05) is 0 Å². The molecule has 0 bridgehead atoms. The van der Waals surface area contributed by atoms with Crippen LogP contribution >= 0.6 is 0 Å². The third kappa shape index (κ3) is 1.72. The van der Waals surface area contributed by atoms with Crippen molar-refractivity contribution in [2.75, 3.05) is 0 Å². The summed E-state index contributed by atoms with van der Waals surface area (Å²) in [6, 6.07) is 3.35. The number of aromatic nitrogens is 3. The minimum Gasteiger partial charge on any atom is -0.217 e. The largest absolute Gasteiger partial charge is 0.217 e. The Morgan fingerprint density at radius 3 is 2.47 bits per heavy atom. The third-order valence-corrected chi connectivity index (χ3v) is 2.01. The van der Waals surface area contributed by atoms with Crippen LogP contribution in [-0.4, -0.2) is 14.8 Å². The highest BCUT2D eigenvalue weighted by atomic mass is 19.1. The van der Waals surface area contributed by atoms with Crippen LogP contribution in [0.5, 0.6) is 0 Å². The van der Waals surface area contributed by atoms with E-state index >= 15 is 0 Å². The van der Waals surface area contributed by atoms with Gasteiger partial charge < -0.3 is 0 Å². The summed E-state index contributed by atoms with van der Waals surface area (Å²) in [5.41, 5.74) is 0.203. The standard InChI is InChI=1S/C10H9F2N3/c1-6-13-7(2)15(14-6)10-4-3-8(11)5-9(10)12/h3-5H,1-2H3. The van der Waals surface area contributed by atoms with Crippen molar-refractivity contribution in [2.45, 2.75) is 13.8 Å². The minimum atomic E-state index is -0.650. The van der Waals surface area contributed by atoms with E-state index in [2.05, 4.69) is 10.1 Å². The van der Waals surface area contributed by atoms with Crippen LogP contribution < -0.4 is 0 Å². The molecule has 2 aromatic rings. The number of halogens is 2. The molecule has 0 spiro atoms. The Balaban J connectivity index is 2.59. The summed E-state index contributed by atoms with van der Waals surface area (Å²) in [6.07, 6.45) is 0. The molecule has 1 heterocycles. The van der Waals surface area contributed by atoms with Crippen LogP contribution in [0.4, 0.5) is 8.78 Å². The fraction of sp³-hybridized carbons (Fsp3) is 0.200. The summed E-state index contributed by atoms with van der Waals surface area (Å²) >= 11 is 0. The maximum Gasteiger partial charge on any atom is 0.151 e. The zero-order chi connectivity index (χ0) is 11.0. The fourth-order valence-corrected chi connectivity index (χ4v) is 1.40. The van der Waals surface area contributed by atoms with Gasteiger partial charge in [-0.2, -0.15) is 5.10 Å². The molecule has 0 aliphatic heterocycles. The number of benzene rings is 1. The number of aryl methyl sites for hydroxylation is 2. The van der Waals surface area contributed by atoms with Gasteiger partial charge in [0.15, 0.2) is 5.82 Å². The fourth-order valence-electron chi connectivity index (χ4n) is 1.40. The van der Waals surface area contributed by atoms with Crippen molar-refractivity contribution in [2.24, 2.45) is 0 Å². The second-order valence-electron chi connectivity index (χ2n) is 3.21. The Morgan fingerprint density at radius 1 is 1.20 bits per heavy atom. The summed E-state index contributed by atoms with van der Waals surface area (Å²) in [4.78, 5) is 4.04. The first kappa shape index (κ1) is 9.76. The molecule has 0 saturated carbocycles. The zero-order valence-corrected chi connectivity index (χ0v) is 8.33. The molecule has 2 rings (SSSR count). The smallest absolute Gasteiger partial charge is 0.151 e. The van der Waals surface area contributed by atoms with Crippen LogP contribution in [-0.2, 0) is 0 Å². The third-order valence-electron chi connectivity index (χ3n) is 2.01. The van der Waals surface area contributed by atoms with Crippen molar-refractivity contribution in [1.29, 1.82) is 0 Å². The molecule has 0 amide bonds. The highest BCUT2D eigenvalue weighted by molar-refractivity contribution is 5.33. The molecule has 78 valence electrons. The van der Waals surface area contributed by atoms with Crippen molar-refractivity contribution < 1.29 is 8.78 Å². The van der Waals surface area contributed by atoms with E-state index in [9.17, 15) is 8.78 Å². The topological polar surface area (TPSA) is 30.7 Å². The molecule has 0 unspecified atom stereocenters. The lowest BCUT2D eigenvalue weighted by Crippen LogP contribution is -2.02. The van der Waals surface area contributed by atoms with Gasteiger partial charge >= 0.3 is 0 Å². The quantitative estimate of drug-likeness (QED) is 0.720. The van der Waals surface area contributed by atoms with Gasteiger partial charge in [0.2, 0.25) is 0 Å². The lowest BCUT2D eigenvalue weighted by atomic mass is 10.3. The van der Waals surface area contributed by atoms with Crippen molar-refractivity contribution in [3.05, 3.63) is 41.5 Å². The second-order valence-corrected chi connectivity index (χ2v) is 3.21. The van der Waals surface area contributed by atoms with Crippen LogP contribution in [0.15, 0.2) is 18.2 Å². The van der Waals surface area contributed by atoms with Gasteiger partial charge in [0, 0.05) is 6.07 Å². The minimum absolute atomic E-state index is 0.203. The highest BCUT2D eigenvalue weighted by Crippen LogP contribution is 2.15. The Bertz CT molecular complexity index is 505. The molecule has 0 aliphatic rings. The average Bonchev–Trinajstić information content (AvgIpc) is 2.45. The van der Waals surface area contributed by atoms with Crippen LogP contribution in [0.1, 0.15) is 11.6 Å². The lowest BCUT2D eigenvalue weighted by molar-refractivity contribution is 0.572. The van der Waals surface area contributed by atoms with Crippen LogP contribution in [0.3, 0.4) is 0 Å². The molecular formula is C10H9F2N3. The van der Waals surface area contributed by atoms with Gasteiger partial charge in [-0.3, -0.25) is 0 Å². The van der Waals surface area contributed by atoms with Gasteiger partial charge in [-0.05, 0) is 26.0 Å². The Labute approximate surface area is 85.4 Å². The normalized spacial score (nSPS) is 10.7. The SMILES string of the molecule is Cc1nc(C)n(-c2ccc(F)cc2F)n1. The molecule has 3 nitrogen and oxygen atoms in total. The van der Waals surface area contributed by atoms with Crippen molar-refractivity contribution in [1.82, 2.24) is 14.8 Å². The second kappa shape index (κ2) is 3.42. The predicted octanol–water partition coefficient (Wildman–Crippen LogP) is 2.16. The van der Waals surface area contributed by atoms with Crippen molar-refractivity contribution in [3.8, 4) is 5.69 Å². The van der Waals surface area contributed by atoms with Crippen molar-refractivity contribution >= 4 is 0 Å². The average molecular weight is 209 g/mol. The first-order chi connectivity index (χ1) is 7.08. The van der Waals surface area contributed by atoms with Gasteiger partial charge in [-0.1, -0.05) is 0 Å². The van der Waals surface area contributed by atoms with Gasteiger partial charge in [0.25, 0.3) is 0 Å². The van der Waals surface area contributed by atoms with Crippen LogP contribution in [0.2, 0.25) is 0 Å². The molecular weight excluding hydrogens is 200 g/mol. The molecule has 0 atom stereocenters. The Morgan fingerprint density at radius 2 is 1.93 bits per heavy atom. The van der Waals surface area contributed by atoms with Gasteiger partial charge in [-0.15, -0.1) is 0 Å². The highest BCUT2D eigenvalue weighted by Gasteiger charge is 2.10. The molecule has 15 heavy (non-hydrogen) atoms. The van der Waals surface area contributed by atoms with E-state index in [4.69, 9.17) is 0 Å². The number of hydrogen-bond acceptors (Lipinski definition) is 2. The van der Waals surface area contributed by atoms with E-state index in [0.29, 0.717) is 11.6 Å².